The van der Waals surface area contributed by atoms with E-state index in [1.807, 2.05) is 11.8 Å². The molecular weight excluding hydrogens is 284 g/mol. The van der Waals surface area contributed by atoms with Gasteiger partial charge in [0.15, 0.2) is 0 Å². The molecule has 0 radical (unpaired) electrons. The molecule has 0 fully saturated rings. The van der Waals surface area contributed by atoms with E-state index in [1.165, 1.54) is 16.9 Å². The zero-order chi connectivity index (χ0) is 14.4. The van der Waals surface area contributed by atoms with E-state index < -0.39 is 0 Å². The highest BCUT2D eigenvalue weighted by Gasteiger charge is 2.11. The third kappa shape index (κ3) is 4.08. The SMILES string of the molecule is CCCCC(N)c1csc(-c2ccc(SCC)cc2)n1. The number of thioether (sulfide) groups is 1. The van der Waals surface area contributed by atoms with Crippen molar-refractivity contribution in [2.75, 3.05) is 5.75 Å². The Balaban J connectivity index is 2.07. The van der Waals surface area contributed by atoms with Crippen molar-refractivity contribution < 1.29 is 0 Å². The lowest BCUT2D eigenvalue weighted by atomic mass is 10.1. The van der Waals surface area contributed by atoms with Gasteiger partial charge in [0.25, 0.3) is 0 Å². The van der Waals surface area contributed by atoms with Crippen molar-refractivity contribution in [2.24, 2.45) is 5.73 Å². The number of unbranched alkanes of at least 4 members (excludes halogenated alkanes) is 1. The first-order valence-electron chi connectivity index (χ1n) is 7.18. The lowest BCUT2D eigenvalue weighted by Crippen LogP contribution is -2.10. The average molecular weight is 306 g/mol. The van der Waals surface area contributed by atoms with Crippen LogP contribution in [0.5, 0.6) is 0 Å². The molecule has 0 saturated carbocycles. The molecule has 0 bridgehead atoms. The topological polar surface area (TPSA) is 38.9 Å². The van der Waals surface area contributed by atoms with E-state index >= 15 is 0 Å². The Morgan fingerprint density at radius 2 is 2.00 bits per heavy atom. The first-order valence-corrected chi connectivity index (χ1v) is 9.05. The van der Waals surface area contributed by atoms with Crippen LogP contribution in [0.2, 0.25) is 0 Å². The van der Waals surface area contributed by atoms with E-state index in [0.717, 1.165) is 29.3 Å². The van der Waals surface area contributed by atoms with Gasteiger partial charge in [-0.2, -0.15) is 0 Å². The Labute approximate surface area is 129 Å². The first kappa shape index (κ1) is 15.5. The maximum Gasteiger partial charge on any atom is 0.123 e. The Hall–Kier alpha value is -0.840. The number of nitrogens with two attached hydrogens (primary N) is 1. The molecule has 1 unspecified atom stereocenters. The monoisotopic (exact) mass is 306 g/mol. The summed E-state index contributed by atoms with van der Waals surface area (Å²) in [7, 11) is 0. The van der Waals surface area contributed by atoms with Gasteiger partial charge in [0.05, 0.1) is 5.69 Å². The summed E-state index contributed by atoms with van der Waals surface area (Å²) < 4.78 is 0. The number of aromatic nitrogens is 1. The molecule has 0 aliphatic heterocycles. The van der Waals surface area contributed by atoms with Gasteiger partial charge in [-0.1, -0.05) is 38.8 Å². The number of hydrogen-bond donors (Lipinski definition) is 1. The second-order valence-corrected chi connectivity index (χ2v) is 6.98. The average Bonchev–Trinajstić information content (AvgIpc) is 2.96. The molecule has 1 atom stereocenters. The van der Waals surface area contributed by atoms with Crippen LogP contribution in [0, 0.1) is 0 Å². The van der Waals surface area contributed by atoms with Crippen LogP contribution in [0.15, 0.2) is 34.5 Å². The fourth-order valence-corrected chi connectivity index (χ4v) is 3.57. The van der Waals surface area contributed by atoms with Crippen molar-refractivity contribution >= 4 is 23.1 Å². The Morgan fingerprint density at radius 1 is 1.25 bits per heavy atom. The van der Waals surface area contributed by atoms with Crippen molar-refractivity contribution in [3.63, 3.8) is 0 Å². The van der Waals surface area contributed by atoms with E-state index in [1.54, 1.807) is 11.3 Å². The van der Waals surface area contributed by atoms with Crippen LogP contribution in [0.1, 0.15) is 44.8 Å². The molecule has 1 aromatic heterocycles. The van der Waals surface area contributed by atoms with Crippen LogP contribution < -0.4 is 5.73 Å². The molecule has 0 aliphatic rings. The van der Waals surface area contributed by atoms with Gasteiger partial charge in [-0.25, -0.2) is 4.98 Å². The summed E-state index contributed by atoms with van der Waals surface area (Å²) in [6.07, 6.45) is 3.37. The summed E-state index contributed by atoms with van der Waals surface area (Å²) in [5.74, 6) is 1.10. The largest absolute Gasteiger partial charge is 0.323 e. The highest BCUT2D eigenvalue weighted by molar-refractivity contribution is 7.99. The maximum absolute atomic E-state index is 6.18. The van der Waals surface area contributed by atoms with E-state index in [0.29, 0.717) is 0 Å². The van der Waals surface area contributed by atoms with Gasteiger partial charge in [-0.15, -0.1) is 23.1 Å². The molecule has 108 valence electrons. The van der Waals surface area contributed by atoms with Crippen molar-refractivity contribution in [1.82, 2.24) is 4.98 Å². The number of rotatable bonds is 7. The predicted octanol–water partition coefficient (Wildman–Crippen LogP) is 5.11. The normalized spacial score (nSPS) is 12.6. The fourth-order valence-electron chi connectivity index (χ4n) is 2.02. The summed E-state index contributed by atoms with van der Waals surface area (Å²) in [5.41, 5.74) is 8.39. The van der Waals surface area contributed by atoms with Crippen molar-refractivity contribution in [3.8, 4) is 10.6 Å². The lowest BCUT2D eigenvalue weighted by molar-refractivity contribution is 0.593. The molecular formula is C16H22N2S2. The summed E-state index contributed by atoms with van der Waals surface area (Å²) in [6.45, 7) is 4.36. The van der Waals surface area contributed by atoms with Gasteiger partial charge in [-0.3, -0.25) is 0 Å². The molecule has 2 N–H and O–H groups in total. The van der Waals surface area contributed by atoms with E-state index in [2.05, 4.69) is 43.5 Å². The minimum Gasteiger partial charge on any atom is -0.323 e. The molecule has 2 nitrogen and oxygen atoms in total. The Morgan fingerprint density at radius 3 is 2.65 bits per heavy atom. The predicted molar refractivity (Wildman–Crippen MR) is 90.4 cm³/mol. The maximum atomic E-state index is 6.18. The lowest BCUT2D eigenvalue weighted by Gasteiger charge is -2.07. The molecule has 0 aliphatic carbocycles. The van der Waals surface area contributed by atoms with Gasteiger partial charge < -0.3 is 5.73 Å². The van der Waals surface area contributed by atoms with Crippen LogP contribution in [-0.2, 0) is 0 Å². The summed E-state index contributed by atoms with van der Waals surface area (Å²) in [5, 5.41) is 3.17. The van der Waals surface area contributed by atoms with Crippen LogP contribution in [0.3, 0.4) is 0 Å². The van der Waals surface area contributed by atoms with Gasteiger partial charge in [-0.05, 0) is 24.3 Å². The van der Waals surface area contributed by atoms with E-state index in [9.17, 15) is 0 Å². The molecule has 0 amide bonds. The number of benzene rings is 1. The fraction of sp³-hybridized carbons (Fsp3) is 0.438. The Bertz CT molecular complexity index is 520. The molecule has 2 aromatic rings. The van der Waals surface area contributed by atoms with Crippen LogP contribution in [0.4, 0.5) is 0 Å². The number of thiazole rings is 1. The zero-order valence-corrected chi connectivity index (χ0v) is 13.8. The second kappa shape index (κ2) is 7.81. The standard InChI is InChI=1S/C16H22N2S2/c1-3-5-6-14(17)15-11-20-16(18-15)12-7-9-13(10-8-12)19-4-2/h7-11,14H,3-6,17H2,1-2H3. The minimum atomic E-state index is 0.0786. The third-order valence-corrected chi connectivity index (χ3v) is 4.99. The van der Waals surface area contributed by atoms with Crippen LogP contribution in [0.25, 0.3) is 10.6 Å². The molecule has 4 heteroatoms. The molecule has 0 spiro atoms. The highest BCUT2D eigenvalue weighted by Crippen LogP contribution is 2.29. The summed E-state index contributed by atoms with van der Waals surface area (Å²) >= 11 is 3.55. The minimum absolute atomic E-state index is 0.0786. The van der Waals surface area contributed by atoms with Gasteiger partial charge in [0.1, 0.15) is 5.01 Å². The first-order chi connectivity index (χ1) is 9.74. The van der Waals surface area contributed by atoms with Crippen molar-refractivity contribution in [3.05, 3.63) is 35.3 Å². The molecule has 2 rings (SSSR count). The van der Waals surface area contributed by atoms with Gasteiger partial charge in [0, 0.05) is 21.9 Å². The zero-order valence-electron chi connectivity index (χ0n) is 12.1. The quantitative estimate of drug-likeness (QED) is 0.722. The smallest absolute Gasteiger partial charge is 0.123 e. The molecule has 20 heavy (non-hydrogen) atoms. The summed E-state index contributed by atoms with van der Waals surface area (Å²) in [6, 6.07) is 8.72. The van der Waals surface area contributed by atoms with Crippen LogP contribution in [-0.4, -0.2) is 10.7 Å². The third-order valence-electron chi connectivity index (χ3n) is 3.18. The summed E-state index contributed by atoms with van der Waals surface area (Å²) in [4.78, 5) is 6.01. The number of hydrogen-bond acceptors (Lipinski definition) is 4. The second-order valence-electron chi connectivity index (χ2n) is 4.78. The van der Waals surface area contributed by atoms with Gasteiger partial charge in [0.2, 0.25) is 0 Å². The van der Waals surface area contributed by atoms with E-state index in [4.69, 9.17) is 10.7 Å². The van der Waals surface area contributed by atoms with Crippen LogP contribution >= 0.6 is 23.1 Å². The van der Waals surface area contributed by atoms with E-state index in [-0.39, 0.29) is 6.04 Å². The number of nitrogens with zero attached hydrogens (tertiary/aromatic N) is 1. The Kier molecular flexibility index (Phi) is 6.07. The van der Waals surface area contributed by atoms with Crippen molar-refractivity contribution in [2.45, 2.75) is 44.0 Å². The highest BCUT2D eigenvalue weighted by atomic mass is 32.2. The molecule has 0 saturated heterocycles. The van der Waals surface area contributed by atoms with Gasteiger partial charge >= 0.3 is 0 Å². The molecule has 1 heterocycles. The van der Waals surface area contributed by atoms with Crippen molar-refractivity contribution in [1.29, 1.82) is 0 Å². The molecule has 1 aromatic carbocycles.